The number of benzene rings is 2. The highest BCUT2D eigenvalue weighted by Crippen LogP contribution is 2.27. The van der Waals surface area contributed by atoms with E-state index in [9.17, 15) is 13.2 Å². The Hall–Kier alpha value is -3.61. The molecule has 0 saturated heterocycles. The van der Waals surface area contributed by atoms with Crippen LogP contribution in [0.1, 0.15) is 38.4 Å². The topological polar surface area (TPSA) is 96.0 Å². The second-order valence-electron chi connectivity index (χ2n) is 9.82. The zero-order chi connectivity index (χ0) is 27.2. The van der Waals surface area contributed by atoms with Gasteiger partial charge in [-0.2, -0.15) is 0 Å². The molecule has 1 atom stereocenters. The lowest BCUT2D eigenvalue weighted by atomic mass is 10.0. The molecule has 0 fully saturated rings. The monoisotopic (exact) mass is 544 g/mol. The fourth-order valence-electron chi connectivity index (χ4n) is 4.87. The molecule has 1 amide bonds. The van der Waals surface area contributed by atoms with Crippen molar-refractivity contribution in [2.24, 2.45) is 0 Å². The predicted molar refractivity (Wildman–Crippen MR) is 155 cm³/mol. The van der Waals surface area contributed by atoms with Gasteiger partial charge in [0, 0.05) is 78.1 Å². The maximum absolute atomic E-state index is 13.3. The van der Waals surface area contributed by atoms with Gasteiger partial charge >= 0.3 is 0 Å². The van der Waals surface area contributed by atoms with Gasteiger partial charge in [0.15, 0.2) is 9.84 Å². The van der Waals surface area contributed by atoms with Gasteiger partial charge in [0.05, 0.1) is 4.90 Å². The SMILES string of the molecule is Cc1cc2cc(Cc3cc(C(=O)N(C)Cc4ccc5[nH]cc(C)c5c4P)ccn3)cc(S(C)(=O)=O)c2cn1. The molecule has 2 aromatic carbocycles. The fraction of sp³-hybridized carbons (Fsp3) is 0.207. The summed E-state index contributed by atoms with van der Waals surface area (Å²) in [5, 5.41) is 3.65. The number of sulfone groups is 1. The molecule has 0 aliphatic rings. The molecule has 0 radical (unpaired) electrons. The minimum atomic E-state index is -3.46. The first-order valence-corrected chi connectivity index (χ1v) is 14.6. The summed E-state index contributed by atoms with van der Waals surface area (Å²) < 4.78 is 25.0. The molecule has 194 valence electrons. The van der Waals surface area contributed by atoms with Gasteiger partial charge in [-0.05, 0) is 71.6 Å². The number of fused-ring (bicyclic) bond motifs is 2. The van der Waals surface area contributed by atoms with Gasteiger partial charge in [0.2, 0.25) is 0 Å². The minimum Gasteiger partial charge on any atom is -0.361 e. The summed E-state index contributed by atoms with van der Waals surface area (Å²) in [5.41, 5.74) is 6.13. The Morgan fingerprint density at radius 1 is 1.08 bits per heavy atom. The van der Waals surface area contributed by atoms with Crippen LogP contribution in [-0.2, 0) is 22.8 Å². The highest BCUT2D eigenvalue weighted by atomic mass is 32.2. The van der Waals surface area contributed by atoms with Crippen LogP contribution in [0.15, 0.2) is 66.0 Å². The number of rotatable bonds is 6. The number of hydrogen-bond acceptors (Lipinski definition) is 5. The Balaban J connectivity index is 1.41. The van der Waals surface area contributed by atoms with Crippen molar-refractivity contribution in [3.8, 4) is 0 Å². The van der Waals surface area contributed by atoms with E-state index in [2.05, 4.69) is 31.1 Å². The lowest BCUT2D eigenvalue weighted by Gasteiger charge is -2.19. The van der Waals surface area contributed by atoms with E-state index in [0.717, 1.165) is 38.4 Å². The van der Waals surface area contributed by atoms with E-state index in [1.54, 1.807) is 42.5 Å². The van der Waals surface area contributed by atoms with Crippen molar-refractivity contribution in [3.05, 3.63) is 94.7 Å². The molecule has 5 aromatic rings. The van der Waals surface area contributed by atoms with Crippen molar-refractivity contribution < 1.29 is 13.2 Å². The molecular weight excluding hydrogens is 515 g/mol. The average molecular weight is 545 g/mol. The molecule has 0 aliphatic carbocycles. The molecule has 3 aromatic heterocycles. The van der Waals surface area contributed by atoms with Gasteiger partial charge in [-0.3, -0.25) is 14.8 Å². The number of nitrogens with one attached hydrogen (secondary N) is 1. The quantitative estimate of drug-likeness (QED) is 0.318. The molecule has 7 nitrogen and oxygen atoms in total. The summed E-state index contributed by atoms with van der Waals surface area (Å²) in [5.74, 6) is -0.110. The van der Waals surface area contributed by atoms with Crippen LogP contribution < -0.4 is 5.30 Å². The lowest BCUT2D eigenvalue weighted by Crippen LogP contribution is -2.28. The molecule has 0 aliphatic heterocycles. The number of pyridine rings is 2. The molecule has 5 rings (SSSR count). The number of aryl methyl sites for hydroxylation is 2. The molecule has 1 N–H and O–H groups in total. The number of carbonyl (C=O) groups is 1. The van der Waals surface area contributed by atoms with Crippen molar-refractivity contribution in [2.75, 3.05) is 13.3 Å². The first kappa shape index (κ1) is 26.0. The Morgan fingerprint density at radius 2 is 1.87 bits per heavy atom. The van der Waals surface area contributed by atoms with E-state index < -0.39 is 9.84 Å². The van der Waals surface area contributed by atoms with Gasteiger partial charge in [0.1, 0.15) is 0 Å². The molecule has 0 spiro atoms. The van der Waals surface area contributed by atoms with E-state index in [1.807, 2.05) is 37.4 Å². The molecular formula is C29H29N4O3PS. The molecule has 0 bridgehead atoms. The first-order valence-electron chi connectivity index (χ1n) is 12.2. The summed E-state index contributed by atoms with van der Waals surface area (Å²) in [6.45, 7) is 4.40. The van der Waals surface area contributed by atoms with Crippen molar-refractivity contribution in [1.82, 2.24) is 19.9 Å². The van der Waals surface area contributed by atoms with Gasteiger partial charge in [0.25, 0.3) is 5.91 Å². The third kappa shape index (κ3) is 5.06. The number of nitrogens with zero attached hydrogens (tertiary/aromatic N) is 3. The van der Waals surface area contributed by atoms with Crippen molar-refractivity contribution in [2.45, 2.75) is 31.7 Å². The van der Waals surface area contributed by atoms with Crippen LogP contribution >= 0.6 is 9.24 Å². The normalized spacial score (nSPS) is 11.8. The van der Waals surface area contributed by atoms with Crippen LogP contribution in [0.2, 0.25) is 0 Å². The highest BCUT2D eigenvalue weighted by molar-refractivity contribution is 7.91. The molecule has 1 unspecified atom stereocenters. The van der Waals surface area contributed by atoms with Crippen LogP contribution in [0.25, 0.3) is 21.7 Å². The standard InChI is InChI=1S/C29H29N4O3PS/c1-17-14-32-25-6-5-21(28(37)27(17)25)16-33(3)29(34)20-7-8-30-23(13-20)11-19-10-22-9-18(2)31-15-24(22)26(12-19)38(4,35)36/h5-10,12-15,32H,11,16,37H2,1-4H3. The van der Waals surface area contributed by atoms with Crippen LogP contribution in [-0.4, -0.2) is 47.5 Å². The average Bonchev–Trinajstić information content (AvgIpc) is 3.25. The Labute approximate surface area is 224 Å². The van der Waals surface area contributed by atoms with Gasteiger partial charge in [-0.15, -0.1) is 9.24 Å². The maximum atomic E-state index is 13.3. The Morgan fingerprint density at radius 3 is 2.63 bits per heavy atom. The largest absolute Gasteiger partial charge is 0.361 e. The van der Waals surface area contributed by atoms with Crippen molar-refractivity contribution in [3.63, 3.8) is 0 Å². The number of hydrogen-bond donors (Lipinski definition) is 1. The zero-order valence-electron chi connectivity index (χ0n) is 21.7. The van der Waals surface area contributed by atoms with E-state index in [1.165, 1.54) is 11.8 Å². The van der Waals surface area contributed by atoms with Crippen LogP contribution in [0, 0.1) is 13.8 Å². The second-order valence-corrected chi connectivity index (χ2v) is 12.4. The second kappa shape index (κ2) is 9.93. The van der Waals surface area contributed by atoms with Crippen LogP contribution in [0.5, 0.6) is 0 Å². The van der Waals surface area contributed by atoms with E-state index in [0.29, 0.717) is 29.6 Å². The molecule has 9 heteroatoms. The number of H-pyrrole nitrogens is 1. The number of aromatic nitrogens is 3. The fourth-order valence-corrected chi connectivity index (χ4v) is 6.38. The number of carbonyl (C=O) groups excluding carboxylic acids is 1. The van der Waals surface area contributed by atoms with Crippen LogP contribution in [0.4, 0.5) is 0 Å². The summed E-state index contributed by atoms with van der Waals surface area (Å²) in [6, 6.07) is 13.1. The van der Waals surface area contributed by atoms with E-state index in [-0.39, 0.29) is 10.8 Å². The predicted octanol–water partition coefficient (Wildman–Crippen LogP) is 4.49. The summed E-state index contributed by atoms with van der Waals surface area (Å²) in [4.78, 5) is 27.3. The summed E-state index contributed by atoms with van der Waals surface area (Å²) >= 11 is 0. The summed E-state index contributed by atoms with van der Waals surface area (Å²) in [6.07, 6.45) is 6.81. The van der Waals surface area contributed by atoms with E-state index >= 15 is 0 Å². The van der Waals surface area contributed by atoms with E-state index in [4.69, 9.17) is 0 Å². The number of aromatic amines is 1. The third-order valence-corrected chi connectivity index (χ3v) is 8.57. The maximum Gasteiger partial charge on any atom is 0.254 e. The van der Waals surface area contributed by atoms with Gasteiger partial charge in [-0.25, -0.2) is 8.42 Å². The smallest absolute Gasteiger partial charge is 0.254 e. The van der Waals surface area contributed by atoms with Gasteiger partial charge < -0.3 is 9.88 Å². The Kier molecular flexibility index (Phi) is 6.80. The van der Waals surface area contributed by atoms with Crippen molar-refractivity contribution in [1.29, 1.82) is 0 Å². The zero-order valence-corrected chi connectivity index (χ0v) is 23.7. The molecule has 38 heavy (non-hydrogen) atoms. The highest BCUT2D eigenvalue weighted by Gasteiger charge is 2.18. The van der Waals surface area contributed by atoms with Gasteiger partial charge in [-0.1, -0.05) is 12.1 Å². The molecule has 0 saturated carbocycles. The first-order chi connectivity index (χ1) is 18.0. The summed E-state index contributed by atoms with van der Waals surface area (Å²) in [7, 11) is 1.14. The Bertz CT molecular complexity index is 1830. The molecule has 3 heterocycles. The minimum absolute atomic E-state index is 0.110. The van der Waals surface area contributed by atoms with Crippen LogP contribution in [0.3, 0.4) is 0 Å². The number of amides is 1. The third-order valence-electron chi connectivity index (χ3n) is 6.77. The lowest BCUT2D eigenvalue weighted by molar-refractivity contribution is 0.0785. The van der Waals surface area contributed by atoms with Crippen molar-refractivity contribution >= 4 is 52.0 Å².